The van der Waals surface area contributed by atoms with Gasteiger partial charge < -0.3 is 4.57 Å². The molecule has 152 valence electrons. The van der Waals surface area contributed by atoms with Gasteiger partial charge in [0.1, 0.15) is 0 Å². The van der Waals surface area contributed by atoms with Crippen molar-refractivity contribution in [3.8, 4) is 28.5 Å². The number of para-hydroxylation sites is 2. The van der Waals surface area contributed by atoms with Crippen LogP contribution in [-0.2, 0) is 0 Å². The Morgan fingerprint density at radius 1 is 0.531 bits per heavy atom. The first kappa shape index (κ1) is 18.7. The Kier molecular flexibility index (Phi) is 4.44. The number of hydrogen-bond donors (Lipinski definition) is 0. The summed E-state index contributed by atoms with van der Waals surface area (Å²) in [4.78, 5) is 13.4. The maximum atomic E-state index is 6.28. The lowest BCUT2D eigenvalue weighted by Crippen LogP contribution is -1.99. The van der Waals surface area contributed by atoms with Crippen molar-refractivity contribution in [3.63, 3.8) is 0 Å². The van der Waals surface area contributed by atoms with E-state index in [1.54, 1.807) is 0 Å². The highest BCUT2D eigenvalue weighted by atomic mass is 35.5. The number of aromatic nitrogens is 4. The normalized spacial score (nSPS) is 11.3. The molecule has 0 aliphatic heterocycles. The molecule has 4 aromatic carbocycles. The van der Waals surface area contributed by atoms with Gasteiger partial charge in [-0.1, -0.05) is 78.9 Å². The average molecular weight is 433 g/mol. The summed E-state index contributed by atoms with van der Waals surface area (Å²) in [5.41, 5.74) is 5.13. The summed E-state index contributed by atoms with van der Waals surface area (Å²) in [6, 6.07) is 34.9. The molecule has 6 aromatic rings. The number of rotatable bonds is 3. The molecule has 32 heavy (non-hydrogen) atoms. The summed E-state index contributed by atoms with van der Waals surface area (Å²) < 4.78 is 2.27. The molecule has 0 bridgehead atoms. The van der Waals surface area contributed by atoms with Gasteiger partial charge in [0.05, 0.1) is 11.0 Å². The molecule has 6 rings (SSSR count). The van der Waals surface area contributed by atoms with Crippen LogP contribution in [-0.4, -0.2) is 19.5 Å². The van der Waals surface area contributed by atoms with Crippen molar-refractivity contribution < 1.29 is 0 Å². The van der Waals surface area contributed by atoms with Crippen LogP contribution >= 0.6 is 11.6 Å². The Morgan fingerprint density at radius 2 is 1.09 bits per heavy atom. The summed E-state index contributed by atoms with van der Waals surface area (Å²) in [6.07, 6.45) is 0. The molecule has 0 unspecified atom stereocenters. The first-order chi connectivity index (χ1) is 15.8. The Labute approximate surface area is 189 Å². The van der Waals surface area contributed by atoms with Gasteiger partial charge in [-0.05, 0) is 35.9 Å². The van der Waals surface area contributed by atoms with E-state index in [9.17, 15) is 0 Å². The zero-order chi connectivity index (χ0) is 21.5. The highest BCUT2D eigenvalue weighted by Gasteiger charge is 2.14. The van der Waals surface area contributed by atoms with Crippen LogP contribution in [0.15, 0.2) is 103 Å². The Hall–Kier alpha value is -4.02. The molecular weight excluding hydrogens is 416 g/mol. The van der Waals surface area contributed by atoms with Gasteiger partial charge in [0, 0.05) is 27.6 Å². The van der Waals surface area contributed by atoms with E-state index in [-0.39, 0.29) is 5.28 Å². The van der Waals surface area contributed by atoms with Crippen LogP contribution < -0.4 is 0 Å². The lowest BCUT2D eigenvalue weighted by atomic mass is 10.1. The zero-order valence-electron chi connectivity index (χ0n) is 17.0. The van der Waals surface area contributed by atoms with Crippen LogP contribution in [0.1, 0.15) is 0 Å². The van der Waals surface area contributed by atoms with Gasteiger partial charge in [-0.15, -0.1) is 0 Å². The van der Waals surface area contributed by atoms with Crippen LogP contribution in [0.4, 0.5) is 0 Å². The van der Waals surface area contributed by atoms with E-state index in [2.05, 4.69) is 75.2 Å². The summed E-state index contributed by atoms with van der Waals surface area (Å²) in [7, 11) is 0. The maximum Gasteiger partial charge on any atom is 0.226 e. The molecule has 4 nitrogen and oxygen atoms in total. The molecule has 0 aliphatic carbocycles. The first-order valence-corrected chi connectivity index (χ1v) is 10.7. The predicted octanol–water partition coefficient (Wildman–Crippen LogP) is 6.96. The number of nitrogens with zero attached hydrogens (tertiary/aromatic N) is 4. The lowest BCUT2D eigenvalue weighted by molar-refractivity contribution is 1.06. The molecule has 0 amide bonds. The fraction of sp³-hybridized carbons (Fsp3) is 0. The highest BCUT2D eigenvalue weighted by Crippen LogP contribution is 2.33. The van der Waals surface area contributed by atoms with Gasteiger partial charge in [0.25, 0.3) is 0 Å². The molecule has 0 N–H and O–H groups in total. The van der Waals surface area contributed by atoms with Crippen molar-refractivity contribution in [2.45, 2.75) is 0 Å². The minimum absolute atomic E-state index is 0.177. The van der Waals surface area contributed by atoms with E-state index >= 15 is 0 Å². The summed E-state index contributed by atoms with van der Waals surface area (Å²) >= 11 is 6.28. The molecule has 2 heterocycles. The second-order valence-corrected chi connectivity index (χ2v) is 7.88. The third kappa shape index (κ3) is 3.13. The average Bonchev–Trinajstić information content (AvgIpc) is 3.19. The number of fused-ring (bicyclic) bond motifs is 3. The van der Waals surface area contributed by atoms with Crippen molar-refractivity contribution in [2.24, 2.45) is 0 Å². The fourth-order valence-electron chi connectivity index (χ4n) is 4.18. The predicted molar refractivity (Wildman–Crippen MR) is 130 cm³/mol. The van der Waals surface area contributed by atoms with Crippen molar-refractivity contribution in [3.05, 3.63) is 108 Å². The smallest absolute Gasteiger partial charge is 0.226 e. The molecule has 5 heteroatoms. The van der Waals surface area contributed by atoms with Gasteiger partial charge in [-0.2, -0.15) is 9.97 Å². The van der Waals surface area contributed by atoms with Gasteiger partial charge in [-0.3, -0.25) is 0 Å². The zero-order valence-corrected chi connectivity index (χ0v) is 17.7. The second kappa shape index (κ2) is 7.59. The van der Waals surface area contributed by atoms with Crippen molar-refractivity contribution in [2.75, 3.05) is 0 Å². The van der Waals surface area contributed by atoms with E-state index in [4.69, 9.17) is 16.6 Å². The van der Waals surface area contributed by atoms with Crippen molar-refractivity contribution in [1.82, 2.24) is 19.5 Å². The standard InChI is InChI=1S/C27H17ClN4/c28-27-30-25(18-9-2-1-3-10-18)29-26(31-27)19-11-8-12-20(17-19)32-23-15-6-4-13-21(23)22-14-5-7-16-24(22)32/h1-17H. The Morgan fingerprint density at radius 3 is 1.78 bits per heavy atom. The molecule has 0 atom stereocenters. The topological polar surface area (TPSA) is 43.6 Å². The monoisotopic (exact) mass is 432 g/mol. The molecule has 2 aromatic heterocycles. The third-order valence-corrected chi connectivity index (χ3v) is 5.75. The molecular formula is C27H17ClN4. The maximum absolute atomic E-state index is 6.28. The lowest BCUT2D eigenvalue weighted by Gasteiger charge is -2.10. The molecule has 0 saturated heterocycles. The quantitative estimate of drug-likeness (QED) is 0.303. The van der Waals surface area contributed by atoms with Crippen LogP contribution in [0.25, 0.3) is 50.3 Å². The molecule has 0 radical (unpaired) electrons. The second-order valence-electron chi connectivity index (χ2n) is 7.54. The van der Waals surface area contributed by atoms with E-state index in [1.807, 2.05) is 42.5 Å². The SMILES string of the molecule is Clc1nc(-c2ccccc2)nc(-c2cccc(-n3c4ccccc4c4ccccc43)c2)n1. The molecule has 0 saturated carbocycles. The molecule has 0 fully saturated rings. The molecule has 0 spiro atoms. The van der Waals surface area contributed by atoms with Crippen LogP contribution in [0.2, 0.25) is 5.28 Å². The number of hydrogen-bond acceptors (Lipinski definition) is 3. The number of halogens is 1. The van der Waals surface area contributed by atoms with Crippen LogP contribution in [0.3, 0.4) is 0 Å². The molecule has 0 aliphatic rings. The van der Waals surface area contributed by atoms with E-state index in [0.29, 0.717) is 11.6 Å². The van der Waals surface area contributed by atoms with E-state index in [1.165, 1.54) is 10.8 Å². The minimum Gasteiger partial charge on any atom is -0.309 e. The van der Waals surface area contributed by atoms with Crippen LogP contribution in [0.5, 0.6) is 0 Å². The summed E-state index contributed by atoms with van der Waals surface area (Å²) in [6.45, 7) is 0. The van der Waals surface area contributed by atoms with Gasteiger partial charge in [0.2, 0.25) is 5.28 Å². The Balaban J connectivity index is 1.54. The van der Waals surface area contributed by atoms with Crippen molar-refractivity contribution in [1.29, 1.82) is 0 Å². The highest BCUT2D eigenvalue weighted by molar-refractivity contribution is 6.28. The summed E-state index contributed by atoms with van der Waals surface area (Å²) in [5.74, 6) is 1.11. The first-order valence-electron chi connectivity index (χ1n) is 10.3. The number of benzene rings is 4. The summed E-state index contributed by atoms with van der Waals surface area (Å²) in [5, 5.41) is 2.63. The minimum atomic E-state index is 0.177. The Bertz CT molecular complexity index is 1540. The van der Waals surface area contributed by atoms with E-state index < -0.39 is 0 Å². The van der Waals surface area contributed by atoms with Crippen molar-refractivity contribution >= 4 is 33.4 Å². The third-order valence-electron chi connectivity index (χ3n) is 5.58. The van der Waals surface area contributed by atoms with Gasteiger partial charge in [0.15, 0.2) is 11.6 Å². The van der Waals surface area contributed by atoms with E-state index in [0.717, 1.165) is 27.8 Å². The fourth-order valence-corrected chi connectivity index (χ4v) is 4.34. The van der Waals surface area contributed by atoms with Crippen LogP contribution in [0, 0.1) is 0 Å². The largest absolute Gasteiger partial charge is 0.309 e. The van der Waals surface area contributed by atoms with Gasteiger partial charge >= 0.3 is 0 Å². The van der Waals surface area contributed by atoms with Gasteiger partial charge in [-0.25, -0.2) is 4.98 Å².